The highest BCUT2D eigenvalue weighted by Gasteiger charge is 2.26. The molecule has 0 saturated heterocycles. The summed E-state index contributed by atoms with van der Waals surface area (Å²) in [6.07, 6.45) is 0.809. The molecule has 22 heavy (non-hydrogen) atoms. The Kier molecular flexibility index (Phi) is 5.19. The van der Waals surface area contributed by atoms with E-state index < -0.39 is 0 Å². The Morgan fingerprint density at radius 1 is 0.909 bits per heavy atom. The molecule has 0 spiro atoms. The molecule has 0 aromatic heterocycles. The van der Waals surface area contributed by atoms with Crippen LogP contribution in [0.3, 0.4) is 0 Å². The number of benzene rings is 2. The van der Waals surface area contributed by atoms with Crippen LogP contribution in [-0.4, -0.2) is 10.9 Å². The largest absolute Gasteiger partial charge is 0.289 e. The van der Waals surface area contributed by atoms with Crippen LogP contribution in [0.15, 0.2) is 59.5 Å². The molecule has 0 bridgehead atoms. The molecular formula is C19H20O2S. The van der Waals surface area contributed by atoms with Crippen LogP contribution in [-0.2, 0) is 4.79 Å². The van der Waals surface area contributed by atoms with E-state index in [-0.39, 0.29) is 16.3 Å². The van der Waals surface area contributed by atoms with E-state index in [1.807, 2.05) is 51.1 Å². The Morgan fingerprint density at radius 3 is 2.00 bits per heavy atom. The number of thioether (sulfide) groups is 1. The van der Waals surface area contributed by atoms with Crippen LogP contribution in [0.5, 0.6) is 0 Å². The highest BCUT2D eigenvalue weighted by molar-refractivity contribution is 8.13. The van der Waals surface area contributed by atoms with Crippen molar-refractivity contribution in [3.63, 3.8) is 0 Å². The summed E-state index contributed by atoms with van der Waals surface area (Å²) in [6.45, 7) is 5.92. The molecule has 0 N–H and O–H groups in total. The van der Waals surface area contributed by atoms with Gasteiger partial charge in [0.1, 0.15) is 0 Å². The third kappa shape index (κ3) is 3.86. The summed E-state index contributed by atoms with van der Waals surface area (Å²) >= 11 is 1.24. The van der Waals surface area contributed by atoms with E-state index in [9.17, 15) is 9.59 Å². The molecule has 0 radical (unpaired) electrons. The van der Waals surface area contributed by atoms with Gasteiger partial charge in [-0.2, -0.15) is 0 Å². The molecule has 0 aliphatic heterocycles. The summed E-state index contributed by atoms with van der Waals surface area (Å²) in [5, 5.41) is 0.150. The Morgan fingerprint density at radius 2 is 1.45 bits per heavy atom. The van der Waals surface area contributed by atoms with Crippen LogP contribution in [0, 0.1) is 5.41 Å². The third-order valence-electron chi connectivity index (χ3n) is 3.80. The second-order valence-corrected chi connectivity index (χ2v) is 6.89. The lowest BCUT2D eigenvalue weighted by molar-refractivity contribution is -0.118. The molecule has 2 nitrogen and oxygen atoms in total. The van der Waals surface area contributed by atoms with Crippen LogP contribution in [0.1, 0.15) is 43.1 Å². The number of carbonyl (C=O) groups excluding carboxylic acids is 2. The zero-order chi connectivity index (χ0) is 16.2. The predicted molar refractivity (Wildman–Crippen MR) is 91.3 cm³/mol. The molecular weight excluding hydrogens is 292 g/mol. The number of carbonyl (C=O) groups is 2. The average molecular weight is 312 g/mol. The first-order chi connectivity index (χ1) is 10.4. The Balaban J connectivity index is 2.11. The predicted octanol–water partition coefficient (Wildman–Crippen LogP) is 4.97. The van der Waals surface area contributed by atoms with Gasteiger partial charge in [0.2, 0.25) is 0 Å². The van der Waals surface area contributed by atoms with Gasteiger partial charge in [0, 0.05) is 21.4 Å². The lowest BCUT2D eigenvalue weighted by Crippen LogP contribution is -2.19. The molecule has 0 heterocycles. The number of ketones is 1. The summed E-state index contributed by atoms with van der Waals surface area (Å²) in [5.41, 5.74) is 0.979. The fourth-order valence-corrected chi connectivity index (χ4v) is 2.73. The molecule has 0 aliphatic carbocycles. The number of rotatable bonds is 5. The first-order valence-corrected chi connectivity index (χ1v) is 8.18. The van der Waals surface area contributed by atoms with Gasteiger partial charge in [-0.25, -0.2) is 0 Å². The van der Waals surface area contributed by atoms with Crippen molar-refractivity contribution in [2.45, 2.75) is 32.1 Å². The maximum absolute atomic E-state index is 12.3. The van der Waals surface area contributed by atoms with E-state index in [2.05, 4.69) is 0 Å². The van der Waals surface area contributed by atoms with Crippen LogP contribution >= 0.6 is 11.8 Å². The average Bonchev–Trinajstić information content (AvgIpc) is 2.55. The van der Waals surface area contributed by atoms with Crippen LogP contribution in [0.25, 0.3) is 0 Å². The Bertz CT molecular complexity index is 658. The zero-order valence-corrected chi connectivity index (χ0v) is 13.9. The summed E-state index contributed by atoms with van der Waals surface area (Å²) in [4.78, 5) is 25.4. The lowest BCUT2D eigenvalue weighted by Gasteiger charge is -2.19. The second kappa shape index (κ2) is 6.93. The Hall–Kier alpha value is -1.87. The molecule has 3 heteroatoms. The van der Waals surface area contributed by atoms with Gasteiger partial charge in [0.15, 0.2) is 10.9 Å². The standard InChI is InChI=1S/C19H20O2S/c1-4-19(2,3)18(21)22-16-12-10-15(11-13-16)17(20)14-8-6-5-7-9-14/h5-13H,4H2,1-3H3. The molecule has 0 aliphatic rings. The van der Waals surface area contributed by atoms with Crippen LogP contribution in [0.4, 0.5) is 0 Å². The monoisotopic (exact) mass is 312 g/mol. The van der Waals surface area contributed by atoms with Crippen molar-refractivity contribution in [2.24, 2.45) is 5.41 Å². The van der Waals surface area contributed by atoms with E-state index in [1.54, 1.807) is 24.3 Å². The minimum atomic E-state index is -0.330. The van der Waals surface area contributed by atoms with E-state index in [4.69, 9.17) is 0 Å². The van der Waals surface area contributed by atoms with Crippen LogP contribution < -0.4 is 0 Å². The van der Waals surface area contributed by atoms with Gasteiger partial charge in [-0.05, 0) is 30.7 Å². The summed E-state index contributed by atoms with van der Waals surface area (Å²) in [7, 11) is 0. The third-order valence-corrected chi connectivity index (χ3v) is 5.05. The summed E-state index contributed by atoms with van der Waals surface area (Å²) in [5.74, 6) is -0.00244. The molecule has 114 valence electrons. The van der Waals surface area contributed by atoms with Gasteiger partial charge in [0.25, 0.3) is 0 Å². The maximum Gasteiger partial charge on any atom is 0.199 e. The zero-order valence-electron chi connectivity index (χ0n) is 13.1. The molecule has 0 saturated carbocycles. The summed E-state index contributed by atoms with van der Waals surface area (Å²) < 4.78 is 0. The van der Waals surface area contributed by atoms with Crippen molar-refractivity contribution in [2.75, 3.05) is 0 Å². The molecule has 2 aromatic carbocycles. The molecule has 2 aromatic rings. The van der Waals surface area contributed by atoms with Crippen molar-refractivity contribution in [3.05, 3.63) is 65.7 Å². The molecule has 0 unspecified atom stereocenters. The van der Waals surface area contributed by atoms with E-state index in [0.29, 0.717) is 11.1 Å². The van der Waals surface area contributed by atoms with Crippen molar-refractivity contribution in [1.82, 2.24) is 0 Å². The summed E-state index contributed by atoms with van der Waals surface area (Å²) in [6, 6.07) is 16.4. The van der Waals surface area contributed by atoms with Crippen molar-refractivity contribution in [3.8, 4) is 0 Å². The minimum Gasteiger partial charge on any atom is -0.289 e. The molecule has 0 atom stereocenters. The SMILES string of the molecule is CCC(C)(C)C(=O)Sc1ccc(C(=O)c2ccccc2)cc1. The number of hydrogen-bond acceptors (Lipinski definition) is 3. The van der Waals surface area contributed by atoms with Gasteiger partial charge >= 0.3 is 0 Å². The molecule has 2 rings (SSSR count). The molecule has 0 fully saturated rings. The van der Waals surface area contributed by atoms with Gasteiger partial charge in [0.05, 0.1) is 0 Å². The van der Waals surface area contributed by atoms with Gasteiger partial charge < -0.3 is 0 Å². The highest BCUT2D eigenvalue weighted by Crippen LogP contribution is 2.32. The lowest BCUT2D eigenvalue weighted by atomic mass is 9.92. The quantitative estimate of drug-likeness (QED) is 0.577. The van der Waals surface area contributed by atoms with Crippen LogP contribution in [0.2, 0.25) is 0 Å². The highest BCUT2D eigenvalue weighted by atomic mass is 32.2. The van der Waals surface area contributed by atoms with Crippen molar-refractivity contribution < 1.29 is 9.59 Å². The fraction of sp³-hybridized carbons (Fsp3) is 0.263. The van der Waals surface area contributed by atoms with Crippen molar-refractivity contribution >= 4 is 22.7 Å². The first kappa shape index (κ1) is 16.5. The maximum atomic E-state index is 12.3. The van der Waals surface area contributed by atoms with Gasteiger partial charge in [-0.1, -0.05) is 62.9 Å². The second-order valence-electron chi connectivity index (χ2n) is 5.85. The van der Waals surface area contributed by atoms with E-state index >= 15 is 0 Å². The number of hydrogen-bond donors (Lipinski definition) is 0. The topological polar surface area (TPSA) is 34.1 Å². The normalized spacial score (nSPS) is 11.2. The van der Waals surface area contributed by atoms with E-state index in [1.165, 1.54) is 11.8 Å². The fourth-order valence-electron chi connectivity index (χ4n) is 1.82. The Labute approximate surface area is 135 Å². The van der Waals surface area contributed by atoms with Crippen molar-refractivity contribution in [1.29, 1.82) is 0 Å². The van der Waals surface area contributed by atoms with Gasteiger partial charge in [-0.3, -0.25) is 9.59 Å². The smallest absolute Gasteiger partial charge is 0.199 e. The van der Waals surface area contributed by atoms with E-state index in [0.717, 1.165) is 11.3 Å². The minimum absolute atomic E-state index is 0.00244. The first-order valence-electron chi connectivity index (χ1n) is 7.36. The molecule has 0 amide bonds. The van der Waals surface area contributed by atoms with Gasteiger partial charge in [-0.15, -0.1) is 0 Å².